The Morgan fingerprint density at radius 3 is 2.24 bits per heavy atom. The molecule has 0 saturated heterocycles. The molecule has 1 aromatic rings. The summed E-state index contributed by atoms with van der Waals surface area (Å²) in [6.07, 6.45) is 0.136. The Morgan fingerprint density at radius 1 is 1.21 bits per heavy atom. The van der Waals surface area contributed by atoms with Crippen LogP contribution in [0.25, 0.3) is 0 Å². The van der Waals surface area contributed by atoms with Gasteiger partial charge in [-0.15, -0.1) is 0 Å². The summed E-state index contributed by atoms with van der Waals surface area (Å²) < 4.78 is 4.26. The second kappa shape index (κ2) is 11.9. The zero-order valence-electron chi connectivity index (χ0n) is 16.6. The summed E-state index contributed by atoms with van der Waals surface area (Å²) in [7, 11) is 14.6. The Labute approximate surface area is 202 Å². The molecule has 0 radical (unpaired) electrons. The number of aryl methyl sites for hydroxylation is 2. The zero-order chi connectivity index (χ0) is 22.4. The molecule has 0 spiro atoms. The molecule has 6 nitrogen and oxygen atoms in total. The van der Waals surface area contributed by atoms with Crippen molar-refractivity contribution in [1.29, 1.82) is 0 Å². The van der Waals surface area contributed by atoms with Gasteiger partial charge in [0.2, 0.25) is 5.91 Å². The van der Waals surface area contributed by atoms with Crippen molar-refractivity contribution in [3.63, 3.8) is 0 Å². The van der Waals surface area contributed by atoms with E-state index in [0.717, 1.165) is 27.7 Å². The van der Waals surface area contributed by atoms with E-state index in [9.17, 15) is 14.4 Å². The number of likely N-dealkylation sites (N-methyl/N-ethyl adjacent to an activating group) is 1. The van der Waals surface area contributed by atoms with Crippen LogP contribution in [0.5, 0.6) is 0 Å². The third kappa shape index (κ3) is 8.72. The second-order valence-electron chi connectivity index (χ2n) is 6.89. The minimum absolute atomic E-state index is 0.136. The van der Waals surface area contributed by atoms with Gasteiger partial charge in [0.05, 0.1) is 6.42 Å². The minimum Gasteiger partial charge on any atom is -0.445 e. The van der Waals surface area contributed by atoms with Gasteiger partial charge in [-0.2, -0.15) is 0 Å². The molecule has 0 aliphatic heterocycles. The SMILES string of the molecule is Cc1cc(C)cc(CC(=O)N(C)[C@@H](SCl)C(=O)N[C@@H](I)C(=O)OC(C)(C)SCl)c1. The van der Waals surface area contributed by atoms with Gasteiger partial charge in [0.15, 0.2) is 14.4 Å². The maximum atomic E-state index is 12.6. The maximum Gasteiger partial charge on any atom is 0.340 e. The number of nitrogens with zero attached hydrogens (tertiary/aromatic N) is 1. The number of rotatable bonds is 9. The molecule has 0 aromatic heterocycles. The van der Waals surface area contributed by atoms with E-state index in [2.05, 4.69) is 5.32 Å². The molecule has 0 aliphatic carbocycles. The van der Waals surface area contributed by atoms with Gasteiger partial charge in [0, 0.05) is 7.05 Å². The summed E-state index contributed by atoms with van der Waals surface area (Å²) in [4.78, 5) is 37.7. The Balaban J connectivity index is 2.77. The molecule has 1 N–H and O–H groups in total. The topological polar surface area (TPSA) is 75.7 Å². The summed E-state index contributed by atoms with van der Waals surface area (Å²) in [6, 6.07) is 5.87. The summed E-state index contributed by atoms with van der Waals surface area (Å²) in [5.74, 6) is -1.50. The molecule has 0 fully saturated rings. The van der Waals surface area contributed by atoms with Crippen LogP contribution in [0.1, 0.15) is 30.5 Å². The molecular formula is C18H23Cl2IN2O4S2. The quantitative estimate of drug-likeness (QED) is 0.149. The molecule has 0 bridgehead atoms. The van der Waals surface area contributed by atoms with Crippen molar-refractivity contribution in [3.05, 3.63) is 34.9 Å². The van der Waals surface area contributed by atoms with Crippen molar-refractivity contribution in [2.45, 2.75) is 48.5 Å². The Bertz CT molecular complexity index is 747. The van der Waals surface area contributed by atoms with Gasteiger partial charge in [0.25, 0.3) is 5.91 Å². The van der Waals surface area contributed by atoms with Crippen LogP contribution in [0.4, 0.5) is 0 Å². The Hall–Kier alpha value is -0.360. The van der Waals surface area contributed by atoms with Crippen molar-refractivity contribution >= 4 is 83.7 Å². The van der Waals surface area contributed by atoms with Crippen LogP contribution in [-0.2, 0) is 25.5 Å². The van der Waals surface area contributed by atoms with Gasteiger partial charge in [-0.25, -0.2) is 4.79 Å². The number of benzene rings is 1. The van der Waals surface area contributed by atoms with Crippen LogP contribution < -0.4 is 5.32 Å². The summed E-state index contributed by atoms with van der Waals surface area (Å²) in [6.45, 7) is 7.17. The number of hydrogen-bond acceptors (Lipinski definition) is 6. The lowest BCUT2D eigenvalue weighted by atomic mass is 10.0. The number of carbonyl (C=O) groups excluding carboxylic acids is 3. The number of carbonyl (C=O) groups is 3. The normalized spacial score (nSPS) is 13.4. The van der Waals surface area contributed by atoms with Gasteiger partial charge in [-0.1, -0.05) is 29.3 Å². The summed E-state index contributed by atoms with van der Waals surface area (Å²) in [5, 5.41) is 1.51. The lowest BCUT2D eigenvalue weighted by molar-refractivity contribution is -0.150. The first-order valence-electron chi connectivity index (χ1n) is 8.47. The molecule has 162 valence electrons. The predicted molar refractivity (Wildman–Crippen MR) is 129 cm³/mol. The smallest absolute Gasteiger partial charge is 0.340 e. The average Bonchev–Trinajstić information content (AvgIpc) is 2.60. The molecule has 0 heterocycles. The van der Waals surface area contributed by atoms with Crippen LogP contribution >= 0.6 is 65.9 Å². The van der Waals surface area contributed by atoms with Crippen molar-refractivity contribution in [2.75, 3.05) is 7.05 Å². The van der Waals surface area contributed by atoms with E-state index >= 15 is 0 Å². The number of esters is 1. The van der Waals surface area contributed by atoms with Crippen LogP contribution in [0.3, 0.4) is 0 Å². The van der Waals surface area contributed by atoms with E-state index in [1.165, 1.54) is 11.9 Å². The van der Waals surface area contributed by atoms with Crippen LogP contribution in [0.15, 0.2) is 18.2 Å². The van der Waals surface area contributed by atoms with E-state index in [1.54, 1.807) is 36.4 Å². The Kier molecular flexibility index (Phi) is 10.9. The number of amides is 2. The molecule has 1 rings (SSSR count). The van der Waals surface area contributed by atoms with Crippen molar-refractivity contribution in [2.24, 2.45) is 0 Å². The van der Waals surface area contributed by atoms with Crippen molar-refractivity contribution in [1.82, 2.24) is 10.2 Å². The lowest BCUT2D eigenvalue weighted by Crippen LogP contribution is -2.49. The third-order valence-electron chi connectivity index (χ3n) is 3.70. The van der Waals surface area contributed by atoms with Gasteiger partial charge < -0.3 is 15.0 Å². The van der Waals surface area contributed by atoms with Crippen molar-refractivity contribution in [3.8, 4) is 0 Å². The molecular weight excluding hydrogens is 570 g/mol. The Morgan fingerprint density at radius 2 is 1.76 bits per heavy atom. The summed E-state index contributed by atoms with van der Waals surface area (Å²) in [5.41, 5.74) is 2.97. The first-order chi connectivity index (χ1) is 13.4. The second-order valence-corrected chi connectivity index (χ2v) is 10.9. The largest absolute Gasteiger partial charge is 0.445 e. The number of ether oxygens (including phenoxy) is 1. The van der Waals surface area contributed by atoms with Gasteiger partial charge in [-0.05, 0) is 99.2 Å². The van der Waals surface area contributed by atoms with Crippen LogP contribution in [0.2, 0.25) is 0 Å². The highest BCUT2D eigenvalue weighted by Crippen LogP contribution is 2.30. The number of halogens is 3. The van der Waals surface area contributed by atoms with E-state index in [0.29, 0.717) is 11.0 Å². The van der Waals surface area contributed by atoms with Crippen LogP contribution in [0, 0.1) is 13.8 Å². The highest BCUT2D eigenvalue weighted by Gasteiger charge is 2.32. The molecule has 2 atom stereocenters. The monoisotopic (exact) mass is 592 g/mol. The minimum atomic E-state index is -1.00. The number of hydrogen-bond donors (Lipinski definition) is 1. The van der Waals surface area contributed by atoms with E-state index < -0.39 is 26.2 Å². The van der Waals surface area contributed by atoms with E-state index in [4.69, 9.17) is 26.1 Å². The predicted octanol–water partition coefficient (Wildman–Crippen LogP) is 4.56. The lowest BCUT2D eigenvalue weighted by Gasteiger charge is -2.27. The average molecular weight is 593 g/mol. The van der Waals surface area contributed by atoms with Crippen molar-refractivity contribution < 1.29 is 19.1 Å². The summed E-state index contributed by atoms with van der Waals surface area (Å²) >= 11 is 1.74. The molecule has 0 unspecified atom stereocenters. The van der Waals surface area contributed by atoms with Gasteiger partial charge in [0.1, 0.15) is 0 Å². The molecule has 2 amide bonds. The van der Waals surface area contributed by atoms with E-state index in [1.807, 2.05) is 32.0 Å². The zero-order valence-corrected chi connectivity index (χ0v) is 21.9. The van der Waals surface area contributed by atoms with Gasteiger partial charge >= 0.3 is 5.97 Å². The molecule has 11 heteroatoms. The van der Waals surface area contributed by atoms with Crippen LogP contribution in [-0.4, -0.2) is 44.1 Å². The standard InChI is InChI=1S/C18H23Cl2IN2O4S2/c1-10-6-11(2)8-12(7-10)9-13(24)23(5)16(28-19)15(25)22-14(21)17(26)27-18(3,4)29-20/h6-8,14,16H,9H2,1-5H3,(H,22,25)/t14-,16+/m1/s1. The highest BCUT2D eigenvalue weighted by atomic mass is 127. The molecule has 0 aliphatic rings. The number of alkyl halides is 1. The first kappa shape index (κ1) is 26.7. The van der Waals surface area contributed by atoms with E-state index in [-0.39, 0.29) is 12.3 Å². The van der Waals surface area contributed by atoms with Gasteiger partial charge in [-0.3, -0.25) is 9.59 Å². The maximum absolute atomic E-state index is 12.6. The fourth-order valence-electron chi connectivity index (χ4n) is 2.44. The molecule has 0 saturated carbocycles. The molecule has 29 heavy (non-hydrogen) atoms. The third-order valence-corrected chi connectivity index (χ3v) is 7.29. The fraction of sp³-hybridized carbons (Fsp3) is 0.500. The first-order valence-corrected chi connectivity index (χ1v) is 13.1. The molecule has 1 aromatic carbocycles. The fourth-order valence-corrected chi connectivity index (χ4v) is 4.07. The highest BCUT2D eigenvalue weighted by molar-refractivity contribution is 14.1. The number of nitrogens with one attached hydrogen (secondary N) is 1.